The smallest absolute Gasteiger partial charge is 0.246 e. The first kappa shape index (κ1) is 14.9. The highest BCUT2D eigenvalue weighted by Gasteiger charge is 2.37. The maximum Gasteiger partial charge on any atom is 0.246 e. The number of amides is 3. The molecule has 3 amide bonds. The van der Waals surface area contributed by atoms with Crippen LogP contribution >= 0.6 is 0 Å². The van der Waals surface area contributed by atoms with Gasteiger partial charge in [0.1, 0.15) is 0 Å². The number of ether oxygens (including phenoxy) is 1. The molecule has 20 heavy (non-hydrogen) atoms. The Labute approximate surface area is 118 Å². The highest BCUT2D eigenvalue weighted by atomic mass is 16.5. The van der Waals surface area contributed by atoms with Crippen molar-refractivity contribution in [2.75, 3.05) is 39.4 Å². The first-order valence-electron chi connectivity index (χ1n) is 7.06. The van der Waals surface area contributed by atoms with E-state index in [2.05, 4.69) is 5.32 Å². The van der Waals surface area contributed by atoms with Crippen molar-refractivity contribution in [1.82, 2.24) is 15.1 Å². The van der Waals surface area contributed by atoms with E-state index in [-0.39, 0.29) is 24.1 Å². The molecule has 1 atom stereocenters. The molecule has 0 aromatic heterocycles. The summed E-state index contributed by atoms with van der Waals surface area (Å²) >= 11 is 0. The van der Waals surface area contributed by atoms with Crippen LogP contribution in [0.1, 0.15) is 19.8 Å². The molecule has 2 fully saturated rings. The number of carbonyl (C=O) groups is 3. The fraction of sp³-hybridized carbons (Fsp3) is 0.769. The van der Waals surface area contributed by atoms with Crippen molar-refractivity contribution < 1.29 is 19.1 Å². The lowest BCUT2D eigenvalue weighted by atomic mass is 10.2. The third kappa shape index (κ3) is 3.34. The van der Waals surface area contributed by atoms with E-state index < -0.39 is 6.04 Å². The van der Waals surface area contributed by atoms with Crippen LogP contribution in [0, 0.1) is 0 Å². The van der Waals surface area contributed by atoms with Gasteiger partial charge < -0.3 is 15.0 Å². The van der Waals surface area contributed by atoms with Gasteiger partial charge in [0.2, 0.25) is 17.7 Å². The molecule has 2 aliphatic rings. The maximum atomic E-state index is 11.9. The normalized spacial score (nSPS) is 23.6. The zero-order valence-electron chi connectivity index (χ0n) is 11.8. The molecule has 0 bridgehead atoms. The van der Waals surface area contributed by atoms with Crippen molar-refractivity contribution in [2.45, 2.75) is 25.8 Å². The summed E-state index contributed by atoms with van der Waals surface area (Å²) in [4.78, 5) is 38.3. The third-order valence-corrected chi connectivity index (χ3v) is 3.65. The zero-order valence-corrected chi connectivity index (χ0v) is 11.8. The second kappa shape index (κ2) is 6.81. The second-order valence-corrected chi connectivity index (χ2v) is 4.93. The first-order valence-corrected chi connectivity index (χ1v) is 7.06. The van der Waals surface area contributed by atoms with Crippen molar-refractivity contribution in [2.24, 2.45) is 0 Å². The number of nitrogens with zero attached hydrogens (tertiary/aromatic N) is 2. The number of likely N-dealkylation sites (N-methyl/N-ethyl adjacent to an activating group) is 1. The Balaban J connectivity index is 1.72. The number of nitrogens with one attached hydrogen (secondary N) is 1. The summed E-state index contributed by atoms with van der Waals surface area (Å²) in [7, 11) is 0. The molecule has 7 nitrogen and oxygen atoms in total. The standard InChI is InChI=1S/C13H21N3O4/c1-2-16-12(18)9-10(13(16)19)14-4-3-11(17)15-5-7-20-8-6-15/h10,14H,2-9H2,1H3. The Morgan fingerprint density at radius 2 is 2.05 bits per heavy atom. The van der Waals surface area contributed by atoms with Crippen LogP contribution in [0.2, 0.25) is 0 Å². The van der Waals surface area contributed by atoms with Crippen LogP contribution in [0.25, 0.3) is 0 Å². The maximum absolute atomic E-state index is 11.9. The minimum Gasteiger partial charge on any atom is -0.378 e. The Bertz CT molecular complexity index is 393. The summed E-state index contributed by atoms with van der Waals surface area (Å²) in [6.45, 7) is 5.02. The average Bonchev–Trinajstić information content (AvgIpc) is 2.74. The minimum absolute atomic E-state index is 0.0601. The number of morpholine rings is 1. The number of rotatable bonds is 5. The lowest BCUT2D eigenvalue weighted by Crippen LogP contribution is -2.43. The fourth-order valence-electron chi connectivity index (χ4n) is 2.50. The van der Waals surface area contributed by atoms with Gasteiger partial charge in [-0.1, -0.05) is 0 Å². The topological polar surface area (TPSA) is 79.0 Å². The van der Waals surface area contributed by atoms with Gasteiger partial charge in [-0.3, -0.25) is 19.3 Å². The van der Waals surface area contributed by atoms with Crippen molar-refractivity contribution in [3.63, 3.8) is 0 Å². The van der Waals surface area contributed by atoms with Gasteiger partial charge in [0.25, 0.3) is 0 Å². The van der Waals surface area contributed by atoms with E-state index >= 15 is 0 Å². The van der Waals surface area contributed by atoms with Crippen molar-refractivity contribution in [3.05, 3.63) is 0 Å². The monoisotopic (exact) mass is 283 g/mol. The SMILES string of the molecule is CCN1C(=O)CC(NCCC(=O)N2CCOCC2)C1=O. The zero-order chi connectivity index (χ0) is 14.5. The Morgan fingerprint density at radius 3 is 2.65 bits per heavy atom. The Morgan fingerprint density at radius 1 is 1.35 bits per heavy atom. The molecular formula is C13H21N3O4. The van der Waals surface area contributed by atoms with E-state index in [0.29, 0.717) is 45.8 Å². The molecule has 112 valence electrons. The molecule has 1 unspecified atom stereocenters. The molecule has 0 aromatic rings. The Hall–Kier alpha value is -1.47. The van der Waals surface area contributed by atoms with Crippen LogP contribution in [0.15, 0.2) is 0 Å². The highest BCUT2D eigenvalue weighted by Crippen LogP contribution is 2.12. The lowest BCUT2D eigenvalue weighted by Gasteiger charge is -2.27. The first-order chi connectivity index (χ1) is 9.63. The number of hydrogen-bond acceptors (Lipinski definition) is 5. The molecular weight excluding hydrogens is 262 g/mol. The molecule has 0 saturated carbocycles. The largest absolute Gasteiger partial charge is 0.378 e. The van der Waals surface area contributed by atoms with Crippen LogP contribution in [-0.2, 0) is 19.1 Å². The summed E-state index contributed by atoms with van der Waals surface area (Å²) in [6, 6.07) is -0.472. The number of hydrogen-bond donors (Lipinski definition) is 1. The summed E-state index contributed by atoms with van der Waals surface area (Å²) in [5.41, 5.74) is 0. The highest BCUT2D eigenvalue weighted by molar-refractivity contribution is 6.05. The molecule has 2 rings (SSSR count). The van der Waals surface area contributed by atoms with Crippen molar-refractivity contribution in [3.8, 4) is 0 Å². The molecule has 2 saturated heterocycles. The van der Waals surface area contributed by atoms with Gasteiger partial charge in [0.15, 0.2) is 0 Å². The molecule has 2 aliphatic heterocycles. The van der Waals surface area contributed by atoms with E-state index in [1.165, 1.54) is 4.90 Å². The van der Waals surface area contributed by atoms with E-state index in [9.17, 15) is 14.4 Å². The second-order valence-electron chi connectivity index (χ2n) is 4.93. The molecule has 0 radical (unpaired) electrons. The summed E-state index contributed by atoms with van der Waals surface area (Å²) in [5.74, 6) is -0.268. The van der Waals surface area contributed by atoms with E-state index in [1.54, 1.807) is 11.8 Å². The van der Waals surface area contributed by atoms with E-state index in [4.69, 9.17) is 4.74 Å². The fourth-order valence-corrected chi connectivity index (χ4v) is 2.50. The van der Waals surface area contributed by atoms with Gasteiger partial charge in [-0.15, -0.1) is 0 Å². The quantitative estimate of drug-likeness (QED) is 0.653. The van der Waals surface area contributed by atoms with Crippen molar-refractivity contribution >= 4 is 17.7 Å². The summed E-state index contributed by atoms with van der Waals surface area (Å²) in [5, 5.41) is 3.01. The molecule has 0 spiro atoms. The summed E-state index contributed by atoms with van der Waals surface area (Å²) < 4.78 is 5.19. The molecule has 1 N–H and O–H groups in total. The third-order valence-electron chi connectivity index (χ3n) is 3.65. The number of carbonyl (C=O) groups excluding carboxylic acids is 3. The molecule has 0 aliphatic carbocycles. The van der Waals surface area contributed by atoms with Gasteiger partial charge in [-0.2, -0.15) is 0 Å². The van der Waals surface area contributed by atoms with Crippen LogP contribution in [0.3, 0.4) is 0 Å². The minimum atomic E-state index is -0.472. The average molecular weight is 283 g/mol. The molecule has 7 heteroatoms. The molecule has 0 aromatic carbocycles. The van der Waals surface area contributed by atoms with Crippen LogP contribution < -0.4 is 5.32 Å². The number of imide groups is 1. The van der Waals surface area contributed by atoms with Gasteiger partial charge in [0.05, 0.1) is 25.7 Å². The van der Waals surface area contributed by atoms with Crippen LogP contribution in [0.5, 0.6) is 0 Å². The number of likely N-dealkylation sites (tertiary alicyclic amines) is 1. The lowest BCUT2D eigenvalue weighted by molar-refractivity contribution is -0.139. The van der Waals surface area contributed by atoms with Crippen LogP contribution in [0.4, 0.5) is 0 Å². The van der Waals surface area contributed by atoms with E-state index in [0.717, 1.165) is 0 Å². The summed E-state index contributed by atoms with van der Waals surface area (Å²) in [6.07, 6.45) is 0.530. The predicted octanol–water partition coefficient (Wildman–Crippen LogP) is -1.03. The molecule has 2 heterocycles. The van der Waals surface area contributed by atoms with Gasteiger partial charge >= 0.3 is 0 Å². The van der Waals surface area contributed by atoms with Gasteiger partial charge in [0, 0.05) is 32.6 Å². The predicted molar refractivity (Wildman–Crippen MR) is 70.8 cm³/mol. The Kier molecular flexibility index (Phi) is 5.08. The van der Waals surface area contributed by atoms with Crippen LogP contribution in [-0.4, -0.2) is 73.0 Å². The van der Waals surface area contributed by atoms with Crippen molar-refractivity contribution in [1.29, 1.82) is 0 Å². The van der Waals surface area contributed by atoms with Gasteiger partial charge in [-0.05, 0) is 6.92 Å². The van der Waals surface area contributed by atoms with E-state index in [1.807, 2.05) is 0 Å². The van der Waals surface area contributed by atoms with Gasteiger partial charge in [-0.25, -0.2) is 0 Å².